The van der Waals surface area contributed by atoms with E-state index in [0.717, 1.165) is 11.3 Å². The summed E-state index contributed by atoms with van der Waals surface area (Å²) >= 11 is 1.73. The lowest BCUT2D eigenvalue weighted by Crippen LogP contribution is -2.30. The molecule has 0 spiro atoms. The van der Waals surface area contributed by atoms with Crippen molar-refractivity contribution in [1.82, 2.24) is 10.3 Å². The van der Waals surface area contributed by atoms with Crippen molar-refractivity contribution in [3.05, 3.63) is 60.8 Å². The highest BCUT2D eigenvalue weighted by Gasteiger charge is 2.05. The summed E-state index contributed by atoms with van der Waals surface area (Å²) in [5, 5.41) is 4.09. The van der Waals surface area contributed by atoms with E-state index in [2.05, 4.69) is 22.4 Å². The summed E-state index contributed by atoms with van der Waals surface area (Å²) in [6.45, 7) is 0.656. The molecule has 0 unspecified atom stereocenters. The van der Waals surface area contributed by atoms with Crippen LogP contribution in [0.25, 0.3) is 10.9 Å². The van der Waals surface area contributed by atoms with Gasteiger partial charge in [0.15, 0.2) is 6.61 Å². The quantitative estimate of drug-likeness (QED) is 0.516. The molecule has 4 nitrogen and oxygen atoms in total. The third-order valence-electron chi connectivity index (χ3n) is 3.35. The molecule has 0 bridgehead atoms. The SMILES string of the molecule is O=C(COc1ccccc1)NCCSc1c[nH]c2ccccc12. The van der Waals surface area contributed by atoms with Gasteiger partial charge in [-0.3, -0.25) is 4.79 Å². The minimum Gasteiger partial charge on any atom is -0.484 e. The predicted molar refractivity (Wildman–Crippen MR) is 94.0 cm³/mol. The Morgan fingerprint density at radius 2 is 1.87 bits per heavy atom. The second kappa shape index (κ2) is 7.74. The first-order chi connectivity index (χ1) is 11.3. The second-order valence-electron chi connectivity index (χ2n) is 5.00. The molecule has 5 heteroatoms. The summed E-state index contributed by atoms with van der Waals surface area (Å²) in [4.78, 5) is 16.2. The summed E-state index contributed by atoms with van der Waals surface area (Å²) in [6, 6.07) is 17.5. The van der Waals surface area contributed by atoms with Crippen molar-refractivity contribution in [3.8, 4) is 5.75 Å². The smallest absolute Gasteiger partial charge is 0.257 e. The second-order valence-corrected chi connectivity index (χ2v) is 6.14. The monoisotopic (exact) mass is 326 g/mol. The van der Waals surface area contributed by atoms with Gasteiger partial charge in [0.25, 0.3) is 5.91 Å². The Hall–Kier alpha value is -2.40. The van der Waals surface area contributed by atoms with E-state index in [0.29, 0.717) is 12.3 Å². The summed E-state index contributed by atoms with van der Waals surface area (Å²) < 4.78 is 5.40. The highest BCUT2D eigenvalue weighted by molar-refractivity contribution is 7.99. The molecule has 2 aromatic carbocycles. The van der Waals surface area contributed by atoms with Crippen molar-refractivity contribution >= 4 is 28.6 Å². The Morgan fingerprint density at radius 3 is 2.74 bits per heavy atom. The number of ether oxygens (including phenoxy) is 1. The molecule has 1 heterocycles. The number of carbonyl (C=O) groups is 1. The van der Waals surface area contributed by atoms with Crippen LogP contribution in [-0.4, -0.2) is 29.8 Å². The zero-order valence-electron chi connectivity index (χ0n) is 12.6. The van der Waals surface area contributed by atoms with Crippen LogP contribution in [0.3, 0.4) is 0 Å². The largest absolute Gasteiger partial charge is 0.484 e. The van der Waals surface area contributed by atoms with Crippen LogP contribution in [0.1, 0.15) is 0 Å². The number of nitrogens with one attached hydrogen (secondary N) is 2. The number of fused-ring (bicyclic) bond motifs is 1. The van der Waals surface area contributed by atoms with Gasteiger partial charge in [0.2, 0.25) is 0 Å². The Morgan fingerprint density at radius 1 is 1.09 bits per heavy atom. The van der Waals surface area contributed by atoms with Crippen LogP contribution in [0, 0.1) is 0 Å². The molecule has 118 valence electrons. The summed E-state index contributed by atoms with van der Waals surface area (Å²) in [5.74, 6) is 1.42. The lowest BCUT2D eigenvalue weighted by atomic mass is 10.2. The van der Waals surface area contributed by atoms with Gasteiger partial charge in [0.1, 0.15) is 5.75 Å². The summed E-state index contributed by atoms with van der Waals surface area (Å²) in [7, 11) is 0. The average molecular weight is 326 g/mol. The highest BCUT2D eigenvalue weighted by Crippen LogP contribution is 2.27. The first-order valence-electron chi connectivity index (χ1n) is 7.46. The number of amides is 1. The minimum absolute atomic E-state index is 0.0434. The molecule has 23 heavy (non-hydrogen) atoms. The number of thioether (sulfide) groups is 1. The molecule has 0 aliphatic heterocycles. The third kappa shape index (κ3) is 4.29. The van der Waals surface area contributed by atoms with E-state index in [-0.39, 0.29) is 12.5 Å². The predicted octanol–water partition coefficient (Wildman–Crippen LogP) is 3.46. The summed E-state index contributed by atoms with van der Waals surface area (Å²) in [5.41, 5.74) is 1.13. The van der Waals surface area contributed by atoms with Gasteiger partial charge in [-0.05, 0) is 18.2 Å². The number of carbonyl (C=O) groups excluding carboxylic acids is 1. The molecule has 3 rings (SSSR count). The van der Waals surface area contributed by atoms with Crippen molar-refractivity contribution < 1.29 is 9.53 Å². The number of hydrogen-bond acceptors (Lipinski definition) is 3. The van der Waals surface area contributed by atoms with Gasteiger partial charge >= 0.3 is 0 Å². The van der Waals surface area contributed by atoms with E-state index in [4.69, 9.17) is 4.74 Å². The summed E-state index contributed by atoms with van der Waals surface area (Å²) in [6.07, 6.45) is 2.01. The lowest BCUT2D eigenvalue weighted by Gasteiger charge is -2.07. The van der Waals surface area contributed by atoms with Crippen molar-refractivity contribution in [1.29, 1.82) is 0 Å². The molecule has 0 radical (unpaired) electrons. The van der Waals surface area contributed by atoms with Gasteiger partial charge in [0.05, 0.1) is 0 Å². The third-order valence-corrected chi connectivity index (χ3v) is 4.40. The molecule has 2 N–H and O–H groups in total. The van der Waals surface area contributed by atoms with Crippen LogP contribution in [0.4, 0.5) is 0 Å². The Bertz CT molecular complexity index is 771. The number of para-hydroxylation sites is 2. The number of benzene rings is 2. The molecule has 0 fully saturated rings. The van der Waals surface area contributed by atoms with E-state index in [1.54, 1.807) is 11.8 Å². The van der Waals surface area contributed by atoms with Gasteiger partial charge in [-0.1, -0.05) is 36.4 Å². The Labute approximate surface area is 139 Å². The fourth-order valence-corrected chi connectivity index (χ4v) is 3.13. The van der Waals surface area contributed by atoms with Gasteiger partial charge < -0.3 is 15.0 Å². The maximum absolute atomic E-state index is 11.7. The van der Waals surface area contributed by atoms with E-state index in [9.17, 15) is 4.79 Å². The molecule has 1 aromatic heterocycles. The average Bonchev–Trinajstić information content (AvgIpc) is 3.01. The number of aromatic amines is 1. The first-order valence-corrected chi connectivity index (χ1v) is 8.45. The van der Waals surface area contributed by atoms with Crippen molar-refractivity contribution in [2.45, 2.75) is 4.90 Å². The molecular formula is C18H18N2O2S. The topological polar surface area (TPSA) is 54.1 Å². The van der Waals surface area contributed by atoms with Crippen LogP contribution in [0.15, 0.2) is 65.7 Å². The maximum atomic E-state index is 11.7. The molecule has 1 amide bonds. The van der Waals surface area contributed by atoms with Crippen LogP contribution >= 0.6 is 11.8 Å². The molecule has 0 aliphatic rings. The van der Waals surface area contributed by atoms with Crippen LogP contribution in [0.2, 0.25) is 0 Å². The lowest BCUT2D eigenvalue weighted by molar-refractivity contribution is -0.122. The zero-order valence-corrected chi connectivity index (χ0v) is 13.4. The molecule has 0 saturated heterocycles. The van der Waals surface area contributed by atoms with Crippen LogP contribution in [-0.2, 0) is 4.79 Å². The Balaban J connectivity index is 1.39. The minimum atomic E-state index is -0.103. The van der Waals surface area contributed by atoms with Crippen LogP contribution in [0.5, 0.6) is 5.75 Å². The van der Waals surface area contributed by atoms with E-state index in [1.807, 2.05) is 48.7 Å². The van der Waals surface area contributed by atoms with Gasteiger partial charge in [0, 0.05) is 34.3 Å². The molecule has 3 aromatic rings. The fraction of sp³-hybridized carbons (Fsp3) is 0.167. The molecular weight excluding hydrogens is 308 g/mol. The number of aromatic nitrogens is 1. The van der Waals surface area contributed by atoms with Crippen molar-refractivity contribution in [3.63, 3.8) is 0 Å². The zero-order chi connectivity index (χ0) is 15.9. The molecule has 0 saturated carbocycles. The molecule has 0 atom stereocenters. The van der Waals surface area contributed by atoms with Crippen molar-refractivity contribution in [2.24, 2.45) is 0 Å². The Kier molecular flexibility index (Phi) is 5.21. The van der Waals surface area contributed by atoms with E-state index < -0.39 is 0 Å². The highest BCUT2D eigenvalue weighted by atomic mass is 32.2. The van der Waals surface area contributed by atoms with E-state index in [1.165, 1.54) is 10.3 Å². The van der Waals surface area contributed by atoms with Crippen LogP contribution < -0.4 is 10.1 Å². The van der Waals surface area contributed by atoms with E-state index >= 15 is 0 Å². The normalized spacial score (nSPS) is 10.6. The van der Waals surface area contributed by atoms with Gasteiger partial charge in [-0.2, -0.15) is 0 Å². The maximum Gasteiger partial charge on any atom is 0.257 e. The number of rotatable bonds is 7. The molecule has 0 aliphatic carbocycles. The number of H-pyrrole nitrogens is 1. The first kappa shape index (κ1) is 15.5. The van der Waals surface area contributed by atoms with Gasteiger partial charge in [-0.15, -0.1) is 11.8 Å². The van der Waals surface area contributed by atoms with Gasteiger partial charge in [-0.25, -0.2) is 0 Å². The van der Waals surface area contributed by atoms with Crippen molar-refractivity contribution in [2.75, 3.05) is 18.9 Å². The number of hydrogen-bond donors (Lipinski definition) is 2. The standard InChI is InChI=1S/C18H18N2O2S/c21-18(13-22-14-6-2-1-3-7-14)19-10-11-23-17-12-20-16-9-5-4-8-15(16)17/h1-9,12,20H,10-11,13H2,(H,19,21). The fourth-order valence-electron chi connectivity index (χ4n) is 2.23.